The number of non-ortho nitro benzene ring substituents is 2. The van der Waals surface area contributed by atoms with E-state index in [0.29, 0.717) is 0 Å². The van der Waals surface area contributed by atoms with Gasteiger partial charge in [-0.2, -0.15) is 0 Å². The second kappa shape index (κ2) is 8.83. The summed E-state index contributed by atoms with van der Waals surface area (Å²) in [6, 6.07) is 7.14. The SMILES string of the molecule is C#CCc1cc([N+](=O)[O-])ccc1OC(=O)Oc1ccc([N+](=O)[O-])cc1CC#C. The van der Waals surface area contributed by atoms with Crippen LogP contribution in [0.2, 0.25) is 0 Å². The van der Waals surface area contributed by atoms with Crippen molar-refractivity contribution in [2.24, 2.45) is 0 Å². The molecule has 0 aromatic heterocycles. The second-order valence-corrected chi connectivity index (χ2v) is 5.31. The monoisotopic (exact) mass is 380 g/mol. The van der Waals surface area contributed by atoms with Crippen LogP contribution in [0.4, 0.5) is 16.2 Å². The molecule has 0 spiro atoms. The van der Waals surface area contributed by atoms with Gasteiger partial charge in [-0.3, -0.25) is 20.2 Å². The highest BCUT2D eigenvalue weighted by Crippen LogP contribution is 2.27. The van der Waals surface area contributed by atoms with Crippen LogP contribution in [0.5, 0.6) is 11.5 Å². The third-order valence-corrected chi connectivity index (χ3v) is 3.48. The molecule has 0 aliphatic heterocycles. The molecule has 2 rings (SSSR count). The molecule has 0 saturated carbocycles. The lowest BCUT2D eigenvalue weighted by Gasteiger charge is -2.10. The molecule has 0 radical (unpaired) electrons. The predicted molar refractivity (Wildman–Crippen MR) is 97.9 cm³/mol. The van der Waals surface area contributed by atoms with E-state index < -0.39 is 16.0 Å². The molecule has 9 heteroatoms. The minimum atomic E-state index is -1.15. The summed E-state index contributed by atoms with van der Waals surface area (Å²) in [6.07, 6.45) is 9.30. The molecule has 0 N–H and O–H groups in total. The highest BCUT2D eigenvalue weighted by molar-refractivity contribution is 5.69. The molecule has 9 nitrogen and oxygen atoms in total. The van der Waals surface area contributed by atoms with Gasteiger partial charge in [0.05, 0.1) is 9.85 Å². The van der Waals surface area contributed by atoms with Crippen molar-refractivity contribution in [3.8, 4) is 36.2 Å². The Bertz CT molecular complexity index is 950. The molecule has 0 unspecified atom stereocenters. The van der Waals surface area contributed by atoms with Crippen molar-refractivity contribution in [3.05, 3.63) is 67.8 Å². The van der Waals surface area contributed by atoms with Gasteiger partial charge < -0.3 is 9.47 Å². The fourth-order valence-electron chi connectivity index (χ4n) is 2.25. The zero-order valence-electron chi connectivity index (χ0n) is 14.3. The van der Waals surface area contributed by atoms with Crippen LogP contribution < -0.4 is 9.47 Å². The van der Waals surface area contributed by atoms with Gasteiger partial charge in [-0.25, -0.2) is 4.79 Å². The normalized spacial score (nSPS) is 9.64. The van der Waals surface area contributed by atoms with E-state index >= 15 is 0 Å². The first-order valence-electron chi connectivity index (χ1n) is 7.67. The molecule has 0 aliphatic rings. The molecule has 140 valence electrons. The highest BCUT2D eigenvalue weighted by atomic mass is 16.7. The van der Waals surface area contributed by atoms with Crippen LogP contribution in [0.1, 0.15) is 11.1 Å². The number of nitro groups is 2. The van der Waals surface area contributed by atoms with Crippen molar-refractivity contribution in [2.45, 2.75) is 12.8 Å². The molecule has 0 bridgehead atoms. The maximum atomic E-state index is 12.1. The first kappa shape index (κ1) is 19.9. The minimum absolute atomic E-state index is 0.00559. The van der Waals surface area contributed by atoms with Crippen LogP contribution in [-0.2, 0) is 12.8 Å². The number of ether oxygens (including phenoxy) is 2. The quantitative estimate of drug-likeness (QED) is 0.247. The second-order valence-electron chi connectivity index (χ2n) is 5.31. The summed E-state index contributed by atoms with van der Waals surface area (Å²) in [5.74, 6) is 4.62. The van der Waals surface area contributed by atoms with Gasteiger partial charge in [-0.05, 0) is 12.1 Å². The molecule has 0 aliphatic carbocycles. The zero-order valence-corrected chi connectivity index (χ0v) is 14.3. The van der Waals surface area contributed by atoms with Crippen molar-refractivity contribution in [3.63, 3.8) is 0 Å². The zero-order chi connectivity index (χ0) is 20.7. The lowest BCUT2D eigenvalue weighted by molar-refractivity contribution is -0.385. The van der Waals surface area contributed by atoms with E-state index in [9.17, 15) is 25.0 Å². The Labute approximate surface area is 159 Å². The van der Waals surface area contributed by atoms with Gasteiger partial charge in [-0.15, -0.1) is 24.7 Å². The summed E-state index contributed by atoms with van der Waals surface area (Å²) in [7, 11) is 0. The van der Waals surface area contributed by atoms with Crippen LogP contribution >= 0.6 is 0 Å². The number of carbonyl (C=O) groups is 1. The van der Waals surface area contributed by atoms with Gasteiger partial charge >= 0.3 is 6.16 Å². The van der Waals surface area contributed by atoms with E-state index in [-0.39, 0.29) is 46.8 Å². The number of terminal acetylenes is 2. The number of nitrogens with zero attached hydrogens (tertiary/aromatic N) is 2. The van der Waals surface area contributed by atoms with Gasteiger partial charge in [0.1, 0.15) is 11.5 Å². The number of nitro benzene ring substituents is 2. The Morgan fingerprint density at radius 1 is 0.857 bits per heavy atom. The Hall–Kier alpha value is -4.37. The molecule has 28 heavy (non-hydrogen) atoms. The average molecular weight is 380 g/mol. The minimum Gasteiger partial charge on any atom is -0.394 e. The van der Waals surface area contributed by atoms with Gasteiger partial charge in [0.25, 0.3) is 11.4 Å². The number of hydrogen-bond donors (Lipinski definition) is 0. The number of carbonyl (C=O) groups excluding carboxylic acids is 1. The van der Waals surface area contributed by atoms with E-state index in [2.05, 4.69) is 11.8 Å². The molecule has 0 fully saturated rings. The molecular weight excluding hydrogens is 368 g/mol. The van der Waals surface area contributed by atoms with Crippen LogP contribution in [0.3, 0.4) is 0 Å². The fourth-order valence-corrected chi connectivity index (χ4v) is 2.25. The van der Waals surface area contributed by atoms with Crippen molar-refractivity contribution in [2.75, 3.05) is 0 Å². The van der Waals surface area contributed by atoms with E-state index in [0.717, 1.165) is 12.1 Å². The summed E-state index contributed by atoms with van der Waals surface area (Å²) < 4.78 is 10.2. The smallest absolute Gasteiger partial charge is 0.394 e. The summed E-state index contributed by atoms with van der Waals surface area (Å²) in [6.45, 7) is 0. The Kier molecular flexibility index (Phi) is 6.29. The molecule has 2 aromatic rings. The average Bonchev–Trinajstić information content (AvgIpc) is 2.64. The molecular formula is C19H12N2O7. The molecule has 0 saturated heterocycles. The van der Waals surface area contributed by atoms with Crippen LogP contribution in [-0.4, -0.2) is 16.0 Å². The molecule has 2 aromatic carbocycles. The van der Waals surface area contributed by atoms with Crippen molar-refractivity contribution in [1.82, 2.24) is 0 Å². The number of benzene rings is 2. The molecule has 0 heterocycles. The van der Waals surface area contributed by atoms with E-state index in [1.165, 1.54) is 24.3 Å². The summed E-state index contributed by atoms with van der Waals surface area (Å²) in [4.78, 5) is 32.6. The Morgan fingerprint density at radius 3 is 1.57 bits per heavy atom. The fraction of sp³-hybridized carbons (Fsp3) is 0.105. The van der Waals surface area contributed by atoms with Crippen LogP contribution in [0, 0.1) is 44.9 Å². The molecule has 0 amide bonds. The predicted octanol–water partition coefficient (Wildman–Crippen LogP) is 3.43. The lowest BCUT2D eigenvalue weighted by Crippen LogP contribution is -2.16. The molecule has 0 atom stereocenters. The Balaban J connectivity index is 2.25. The topological polar surface area (TPSA) is 122 Å². The summed E-state index contributed by atoms with van der Waals surface area (Å²) in [5, 5.41) is 21.7. The van der Waals surface area contributed by atoms with Crippen LogP contribution in [0.25, 0.3) is 0 Å². The van der Waals surface area contributed by atoms with Crippen molar-refractivity contribution < 1.29 is 24.1 Å². The first-order chi connectivity index (χ1) is 13.3. The largest absolute Gasteiger partial charge is 0.519 e. The standard InChI is InChI=1S/C19H12N2O7/c1-3-5-13-11-15(20(23)24)7-9-17(13)27-19(22)28-18-10-8-16(21(25)26)12-14(18)6-4-2/h1-2,7-12H,5-6H2. The summed E-state index contributed by atoms with van der Waals surface area (Å²) >= 11 is 0. The maximum Gasteiger partial charge on any atom is 0.519 e. The van der Waals surface area contributed by atoms with Crippen LogP contribution in [0.15, 0.2) is 36.4 Å². The van der Waals surface area contributed by atoms with Gasteiger partial charge in [0.15, 0.2) is 0 Å². The highest BCUT2D eigenvalue weighted by Gasteiger charge is 2.18. The van der Waals surface area contributed by atoms with Gasteiger partial charge in [0.2, 0.25) is 0 Å². The lowest BCUT2D eigenvalue weighted by atomic mass is 10.1. The maximum absolute atomic E-state index is 12.1. The van der Waals surface area contributed by atoms with E-state index in [1.54, 1.807) is 0 Å². The first-order valence-corrected chi connectivity index (χ1v) is 7.67. The van der Waals surface area contributed by atoms with E-state index in [4.69, 9.17) is 22.3 Å². The summed E-state index contributed by atoms with van der Waals surface area (Å²) in [5.41, 5.74) is 0.0812. The van der Waals surface area contributed by atoms with E-state index in [1.807, 2.05) is 0 Å². The Morgan fingerprint density at radius 2 is 1.25 bits per heavy atom. The number of hydrogen-bond acceptors (Lipinski definition) is 7. The third kappa shape index (κ3) is 4.84. The van der Waals surface area contributed by atoms with Gasteiger partial charge in [0, 0.05) is 48.2 Å². The van der Waals surface area contributed by atoms with Gasteiger partial charge in [-0.1, -0.05) is 0 Å². The van der Waals surface area contributed by atoms with Crippen molar-refractivity contribution >= 4 is 17.5 Å². The third-order valence-electron chi connectivity index (χ3n) is 3.48. The van der Waals surface area contributed by atoms with Crippen molar-refractivity contribution in [1.29, 1.82) is 0 Å². The number of rotatable bonds is 6.